The third-order valence-corrected chi connectivity index (χ3v) is 9.05. The predicted molar refractivity (Wildman–Crippen MR) is 121 cm³/mol. The van der Waals surface area contributed by atoms with Gasteiger partial charge in [-0.25, -0.2) is 9.97 Å². The Kier molecular flexibility index (Phi) is 4.78. The zero-order valence-corrected chi connectivity index (χ0v) is 19.3. The topological polar surface area (TPSA) is 52.6 Å². The molecule has 0 unspecified atom stereocenters. The number of rotatable bonds is 3. The van der Waals surface area contributed by atoms with Gasteiger partial charge in [0.25, 0.3) is 0 Å². The number of carbonyl (C=O) groups is 1. The first-order valence-electron chi connectivity index (χ1n) is 12.7. The Balaban J connectivity index is 1.26. The van der Waals surface area contributed by atoms with Crippen LogP contribution in [0.2, 0.25) is 0 Å². The summed E-state index contributed by atoms with van der Waals surface area (Å²) in [5.41, 5.74) is 2.35. The van der Waals surface area contributed by atoms with Crippen molar-refractivity contribution in [2.75, 3.05) is 44.2 Å². The lowest BCUT2D eigenvalue weighted by Crippen LogP contribution is -2.55. The van der Waals surface area contributed by atoms with Crippen LogP contribution in [0.1, 0.15) is 62.5 Å². The zero-order chi connectivity index (χ0) is 21.2. The van der Waals surface area contributed by atoms with E-state index in [2.05, 4.69) is 21.6 Å². The Hall–Kier alpha value is -1.69. The maximum atomic E-state index is 14.0. The highest BCUT2D eigenvalue weighted by Crippen LogP contribution is 2.60. The monoisotopic (exact) mass is 423 g/mol. The number of nitrogens with zero attached hydrogens (tertiary/aromatic N) is 5. The molecule has 0 N–H and O–H groups in total. The molecule has 4 aliphatic carbocycles. The van der Waals surface area contributed by atoms with Gasteiger partial charge in [0.1, 0.15) is 11.6 Å². The minimum atomic E-state index is -0.0509. The number of amides is 1. The molecule has 1 amide bonds. The van der Waals surface area contributed by atoms with E-state index in [0.717, 1.165) is 94.3 Å². The van der Waals surface area contributed by atoms with Gasteiger partial charge in [0, 0.05) is 44.7 Å². The summed E-state index contributed by atoms with van der Waals surface area (Å²) in [7, 11) is 0. The molecule has 1 aromatic heterocycles. The van der Waals surface area contributed by atoms with Gasteiger partial charge in [0.05, 0.1) is 17.7 Å². The van der Waals surface area contributed by atoms with Crippen molar-refractivity contribution in [3.8, 4) is 0 Å². The summed E-state index contributed by atoms with van der Waals surface area (Å²) in [6.07, 6.45) is 8.48. The Labute approximate surface area is 186 Å². The summed E-state index contributed by atoms with van der Waals surface area (Å²) < 4.78 is 0. The van der Waals surface area contributed by atoms with Gasteiger partial charge >= 0.3 is 0 Å². The zero-order valence-electron chi connectivity index (χ0n) is 19.3. The number of likely N-dealkylation sites (N-methyl/N-ethyl adjacent to an activating group) is 1. The fourth-order valence-corrected chi connectivity index (χ4v) is 7.94. The van der Waals surface area contributed by atoms with Crippen LogP contribution in [0.4, 0.5) is 5.82 Å². The van der Waals surface area contributed by atoms with E-state index in [0.29, 0.717) is 12.5 Å². The van der Waals surface area contributed by atoms with Crippen LogP contribution in [0.15, 0.2) is 0 Å². The van der Waals surface area contributed by atoms with Crippen molar-refractivity contribution < 1.29 is 4.79 Å². The van der Waals surface area contributed by atoms with E-state index < -0.39 is 0 Å². The number of piperazine rings is 1. The maximum absolute atomic E-state index is 14.0. The highest BCUT2D eigenvalue weighted by Gasteiger charge is 2.55. The van der Waals surface area contributed by atoms with Crippen molar-refractivity contribution >= 4 is 11.7 Å². The normalized spacial score (nSPS) is 34.8. The molecule has 0 atom stereocenters. The molecular formula is C25H37N5O. The first-order chi connectivity index (χ1) is 15.0. The van der Waals surface area contributed by atoms with Gasteiger partial charge < -0.3 is 14.7 Å². The minimum absolute atomic E-state index is 0.0509. The van der Waals surface area contributed by atoms with E-state index in [-0.39, 0.29) is 5.41 Å². The van der Waals surface area contributed by atoms with Gasteiger partial charge in [0.15, 0.2) is 0 Å². The van der Waals surface area contributed by atoms with Crippen LogP contribution in [0.5, 0.6) is 0 Å². The van der Waals surface area contributed by atoms with Crippen LogP contribution in [0.3, 0.4) is 0 Å². The van der Waals surface area contributed by atoms with Crippen molar-refractivity contribution in [2.45, 2.75) is 65.3 Å². The Morgan fingerprint density at radius 2 is 1.61 bits per heavy atom. The van der Waals surface area contributed by atoms with E-state index in [1.807, 2.05) is 6.92 Å². The molecular weight excluding hydrogens is 386 g/mol. The number of aromatic nitrogens is 2. The second kappa shape index (κ2) is 7.43. The Morgan fingerprint density at radius 3 is 2.23 bits per heavy atom. The molecule has 0 aromatic carbocycles. The molecule has 1 aromatic rings. The molecule has 7 rings (SSSR count). The molecule has 31 heavy (non-hydrogen) atoms. The number of anilines is 1. The molecule has 5 fully saturated rings. The SMILES string of the molecule is CCN1CCN(c2nc(C)nc3c2CN(C(=O)C24CC5CC(CC(C5)C2)C4)CC3)CC1. The molecule has 168 valence electrons. The molecule has 2 aliphatic heterocycles. The molecule has 4 bridgehead atoms. The van der Waals surface area contributed by atoms with Gasteiger partial charge in [-0.15, -0.1) is 0 Å². The fraction of sp³-hybridized carbons (Fsp3) is 0.800. The summed E-state index contributed by atoms with van der Waals surface area (Å²) in [4.78, 5) is 30.8. The second-order valence-electron chi connectivity index (χ2n) is 11.1. The average molecular weight is 424 g/mol. The molecule has 0 spiro atoms. The molecule has 0 radical (unpaired) electrons. The van der Waals surface area contributed by atoms with Gasteiger partial charge in [-0.05, 0) is 69.7 Å². The summed E-state index contributed by atoms with van der Waals surface area (Å²) in [5, 5.41) is 0. The van der Waals surface area contributed by atoms with Crippen LogP contribution >= 0.6 is 0 Å². The lowest BCUT2D eigenvalue weighted by Gasteiger charge is -2.56. The number of aryl methyl sites for hydroxylation is 1. The minimum Gasteiger partial charge on any atom is -0.354 e. The number of fused-ring (bicyclic) bond motifs is 1. The lowest BCUT2D eigenvalue weighted by molar-refractivity contribution is -0.158. The van der Waals surface area contributed by atoms with Crippen LogP contribution in [-0.2, 0) is 17.8 Å². The lowest BCUT2D eigenvalue weighted by atomic mass is 9.49. The molecule has 3 heterocycles. The molecule has 6 nitrogen and oxygen atoms in total. The van der Waals surface area contributed by atoms with Crippen molar-refractivity contribution in [3.05, 3.63) is 17.1 Å². The quantitative estimate of drug-likeness (QED) is 0.748. The number of hydrogen-bond donors (Lipinski definition) is 0. The molecule has 1 saturated heterocycles. The third kappa shape index (κ3) is 3.37. The number of carbonyl (C=O) groups excluding carboxylic acids is 1. The Morgan fingerprint density at radius 1 is 0.968 bits per heavy atom. The fourth-order valence-electron chi connectivity index (χ4n) is 7.94. The highest BCUT2D eigenvalue weighted by molar-refractivity contribution is 5.83. The highest BCUT2D eigenvalue weighted by atomic mass is 16.2. The summed E-state index contributed by atoms with van der Waals surface area (Å²) in [6, 6.07) is 0. The van der Waals surface area contributed by atoms with Crippen molar-refractivity contribution in [1.29, 1.82) is 0 Å². The van der Waals surface area contributed by atoms with Gasteiger partial charge in [-0.3, -0.25) is 4.79 Å². The van der Waals surface area contributed by atoms with Crippen LogP contribution < -0.4 is 4.90 Å². The van der Waals surface area contributed by atoms with E-state index in [1.165, 1.54) is 30.5 Å². The van der Waals surface area contributed by atoms with Crippen molar-refractivity contribution in [2.24, 2.45) is 23.2 Å². The van der Waals surface area contributed by atoms with E-state index in [1.54, 1.807) is 0 Å². The summed E-state index contributed by atoms with van der Waals surface area (Å²) in [6.45, 7) is 11.1. The molecule has 4 saturated carbocycles. The Bertz CT molecular complexity index is 840. The molecule has 6 aliphatic rings. The first kappa shape index (κ1) is 20.0. The summed E-state index contributed by atoms with van der Waals surface area (Å²) in [5.74, 6) is 4.85. The van der Waals surface area contributed by atoms with E-state index >= 15 is 0 Å². The van der Waals surface area contributed by atoms with E-state index in [9.17, 15) is 4.79 Å². The van der Waals surface area contributed by atoms with Crippen LogP contribution in [-0.4, -0.2) is 64.9 Å². The van der Waals surface area contributed by atoms with Gasteiger partial charge in [0.2, 0.25) is 5.91 Å². The van der Waals surface area contributed by atoms with Crippen LogP contribution in [0.25, 0.3) is 0 Å². The largest absolute Gasteiger partial charge is 0.354 e. The number of hydrogen-bond acceptors (Lipinski definition) is 5. The maximum Gasteiger partial charge on any atom is 0.229 e. The van der Waals surface area contributed by atoms with Crippen LogP contribution in [0, 0.1) is 30.1 Å². The predicted octanol–water partition coefficient (Wildman–Crippen LogP) is 3.03. The standard InChI is InChI=1S/C25H37N5O/c1-3-28-6-8-29(9-7-28)23-21-16-30(5-4-22(21)26-17(2)27-23)24(31)25-13-18-10-19(14-25)12-20(11-18)15-25/h18-20H,3-16H2,1-2H3. The average Bonchev–Trinajstić information content (AvgIpc) is 2.77. The third-order valence-electron chi connectivity index (χ3n) is 9.05. The van der Waals surface area contributed by atoms with Gasteiger partial charge in [-0.2, -0.15) is 0 Å². The van der Waals surface area contributed by atoms with Crippen molar-refractivity contribution in [1.82, 2.24) is 19.8 Å². The van der Waals surface area contributed by atoms with E-state index in [4.69, 9.17) is 9.97 Å². The van der Waals surface area contributed by atoms with Gasteiger partial charge in [-0.1, -0.05) is 6.92 Å². The second-order valence-corrected chi connectivity index (χ2v) is 11.1. The van der Waals surface area contributed by atoms with Crippen molar-refractivity contribution in [3.63, 3.8) is 0 Å². The first-order valence-corrected chi connectivity index (χ1v) is 12.7. The molecule has 6 heteroatoms. The summed E-state index contributed by atoms with van der Waals surface area (Å²) >= 11 is 0. The smallest absolute Gasteiger partial charge is 0.229 e.